The molecule has 0 radical (unpaired) electrons. The quantitative estimate of drug-likeness (QED) is 0.787. The van der Waals surface area contributed by atoms with Crippen LogP contribution in [0.5, 0.6) is 17.2 Å². The largest absolute Gasteiger partial charge is 0.506 e. The van der Waals surface area contributed by atoms with Gasteiger partial charge in [-0.05, 0) is 46.3 Å². The SMILES string of the molecule is CC[C@H](C)C(=O)c1c(O)c2c(c3c1OC(C)(C)C=C3)OC(C)(C)[C@@H](O)C2=O. The summed E-state index contributed by atoms with van der Waals surface area (Å²) in [4.78, 5) is 25.8. The number of fused-ring (bicyclic) bond motifs is 3. The van der Waals surface area contributed by atoms with Crippen molar-refractivity contribution in [3.63, 3.8) is 0 Å². The number of phenolic OH excluding ortho intramolecular Hbond substituents is 1. The van der Waals surface area contributed by atoms with Gasteiger partial charge in [0.15, 0.2) is 11.9 Å². The molecule has 3 rings (SSSR count). The third-order valence-corrected chi connectivity index (χ3v) is 5.26. The van der Waals surface area contributed by atoms with E-state index in [4.69, 9.17) is 9.47 Å². The number of aliphatic hydroxyl groups excluding tert-OH is 1. The van der Waals surface area contributed by atoms with Gasteiger partial charge in [-0.1, -0.05) is 13.8 Å². The number of ether oxygens (including phenoxy) is 2. The Kier molecular flexibility index (Phi) is 4.38. The Morgan fingerprint density at radius 2 is 1.85 bits per heavy atom. The first-order chi connectivity index (χ1) is 12.4. The van der Waals surface area contributed by atoms with Gasteiger partial charge in [-0.15, -0.1) is 0 Å². The van der Waals surface area contributed by atoms with Crippen molar-refractivity contribution < 1.29 is 29.3 Å². The molecule has 0 aromatic heterocycles. The zero-order chi connectivity index (χ0) is 20.3. The van der Waals surface area contributed by atoms with E-state index in [0.29, 0.717) is 12.0 Å². The molecule has 0 unspecified atom stereocenters. The summed E-state index contributed by atoms with van der Waals surface area (Å²) < 4.78 is 11.9. The smallest absolute Gasteiger partial charge is 0.202 e. The molecule has 2 N–H and O–H groups in total. The Hall–Kier alpha value is -2.34. The Bertz CT molecular complexity index is 862. The van der Waals surface area contributed by atoms with E-state index < -0.39 is 28.8 Å². The standard InChI is InChI=1S/C21H26O6/c1-7-10(2)14(22)12-15(23)13-16(24)19(25)21(5,6)27-18(13)11-8-9-20(3,4)26-17(11)12/h8-10,19,23,25H,7H2,1-6H3/t10-,19-/m0/s1. The summed E-state index contributed by atoms with van der Waals surface area (Å²) in [6.07, 6.45) is 2.66. The molecule has 2 aliphatic heterocycles. The molecule has 0 amide bonds. The zero-order valence-electron chi connectivity index (χ0n) is 16.5. The lowest BCUT2D eigenvalue weighted by Crippen LogP contribution is -2.50. The van der Waals surface area contributed by atoms with Crippen molar-refractivity contribution in [2.75, 3.05) is 0 Å². The molecular formula is C21H26O6. The number of rotatable bonds is 3. The Balaban J connectivity index is 2.37. The number of carbonyl (C=O) groups excluding carboxylic acids is 2. The van der Waals surface area contributed by atoms with Crippen molar-refractivity contribution in [3.8, 4) is 17.2 Å². The average molecular weight is 374 g/mol. The van der Waals surface area contributed by atoms with Gasteiger partial charge in [0.25, 0.3) is 0 Å². The summed E-state index contributed by atoms with van der Waals surface area (Å²) in [5.41, 5.74) is -1.62. The predicted molar refractivity (Wildman–Crippen MR) is 101 cm³/mol. The molecule has 146 valence electrons. The third kappa shape index (κ3) is 2.92. The van der Waals surface area contributed by atoms with Crippen LogP contribution in [0.15, 0.2) is 6.08 Å². The van der Waals surface area contributed by atoms with Crippen molar-refractivity contribution >= 4 is 17.6 Å². The molecule has 27 heavy (non-hydrogen) atoms. The summed E-state index contributed by atoms with van der Waals surface area (Å²) in [6.45, 7) is 10.5. The van der Waals surface area contributed by atoms with Crippen LogP contribution in [0.3, 0.4) is 0 Å². The number of hydrogen-bond acceptors (Lipinski definition) is 6. The Morgan fingerprint density at radius 3 is 2.44 bits per heavy atom. The number of aromatic hydroxyl groups is 1. The van der Waals surface area contributed by atoms with Gasteiger partial charge in [-0.3, -0.25) is 9.59 Å². The maximum Gasteiger partial charge on any atom is 0.202 e. The van der Waals surface area contributed by atoms with Gasteiger partial charge in [0.2, 0.25) is 5.78 Å². The minimum atomic E-state index is -1.45. The lowest BCUT2D eigenvalue weighted by atomic mass is 9.83. The van der Waals surface area contributed by atoms with Gasteiger partial charge in [0.1, 0.15) is 39.6 Å². The highest BCUT2D eigenvalue weighted by molar-refractivity contribution is 6.13. The van der Waals surface area contributed by atoms with Gasteiger partial charge < -0.3 is 19.7 Å². The fraction of sp³-hybridized carbons (Fsp3) is 0.524. The van der Waals surface area contributed by atoms with Crippen LogP contribution in [0, 0.1) is 5.92 Å². The first-order valence-corrected chi connectivity index (χ1v) is 9.18. The number of phenols is 1. The van der Waals surface area contributed by atoms with Crippen LogP contribution in [0.1, 0.15) is 74.2 Å². The monoisotopic (exact) mass is 374 g/mol. The molecule has 6 nitrogen and oxygen atoms in total. The Morgan fingerprint density at radius 1 is 1.22 bits per heavy atom. The molecule has 0 saturated heterocycles. The Labute approximate surface area is 158 Å². The fourth-order valence-electron chi connectivity index (χ4n) is 3.32. The highest BCUT2D eigenvalue weighted by Gasteiger charge is 2.47. The van der Waals surface area contributed by atoms with E-state index >= 15 is 0 Å². The van der Waals surface area contributed by atoms with Crippen LogP contribution in [-0.4, -0.2) is 39.1 Å². The summed E-state index contributed by atoms with van der Waals surface area (Å²) in [5.74, 6) is -1.49. The zero-order valence-corrected chi connectivity index (χ0v) is 16.5. The van der Waals surface area contributed by atoms with E-state index in [-0.39, 0.29) is 34.3 Å². The normalized spacial score (nSPS) is 22.9. The number of hydrogen-bond donors (Lipinski definition) is 2. The first kappa shape index (κ1) is 19.4. The van der Waals surface area contributed by atoms with E-state index in [2.05, 4.69) is 0 Å². The van der Waals surface area contributed by atoms with E-state index in [9.17, 15) is 19.8 Å². The van der Waals surface area contributed by atoms with Crippen LogP contribution in [0.2, 0.25) is 0 Å². The minimum absolute atomic E-state index is 0.0284. The van der Waals surface area contributed by atoms with Crippen molar-refractivity contribution in [2.45, 2.75) is 65.3 Å². The molecular weight excluding hydrogens is 348 g/mol. The molecule has 0 aliphatic carbocycles. The molecule has 0 bridgehead atoms. The number of aliphatic hydroxyl groups is 1. The number of ketones is 2. The highest BCUT2D eigenvalue weighted by Crippen LogP contribution is 2.51. The minimum Gasteiger partial charge on any atom is -0.506 e. The van der Waals surface area contributed by atoms with Gasteiger partial charge in [0, 0.05) is 5.92 Å². The number of Topliss-reactive ketones (excluding diaryl/α,β-unsaturated/α-hetero) is 2. The maximum atomic E-state index is 13.0. The lowest BCUT2D eigenvalue weighted by molar-refractivity contribution is -0.0257. The van der Waals surface area contributed by atoms with Crippen molar-refractivity contribution in [3.05, 3.63) is 22.8 Å². The lowest BCUT2D eigenvalue weighted by Gasteiger charge is -2.39. The van der Waals surface area contributed by atoms with Crippen LogP contribution < -0.4 is 9.47 Å². The highest BCUT2D eigenvalue weighted by atomic mass is 16.5. The molecule has 2 heterocycles. The molecule has 6 heteroatoms. The molecule has 2 atom stereocenters. The van der Waals surface area contributed by atoms with Crippen LogP contribution in [-0.2, 0) is 0 Å². The summed E-state index contributed by atoms with van der Waals surface area (Å²) in [6, 6.07) is 0. The molecule has 0 spiro atoms. The first-order valence-electron chi connectivity index (χ1n) is 9.18. The molecule has 1 aromatic rings. The summed E-state index contributed by atoms with van der Waals surface area (Å²) in [5, 5.41) is 21.2. The number of carbonyl (C=O) groups is 2. The van der Waals surface area contributed by atoms with E-state index in [1.54, 1.807) is 32.9 Å². The maximum absolute atomic E-state index is 13.0. The topological polar surface area (TPSA) is 93.1 Å². The predicted octanol–water partition coefficient (Wildman–Crippen LogP) is 3.52. The van der Waals surface area contributed by atoms with E-state index in [0.717, 1.165) is 0 Å². The molecule has 0 fully saturated rings. The summed E-state index contributed by atoms with van der Waals surface area (Å²) in [7, 11) is 0. The van der Waals surface area contributed by atoms with Crippen molar-refractivity contribution in [1.82, 2.24) is 0 Å². The van der Waals surface area contributed by atoms with E-state index in [1.165, 1.54) is 0 Å². The van der Waals surface area contributed by atoms with Crippen LogP contribution in [0.4, 0.5) is 0 Å². The summed E-state index contributed by atoms with van der Waals surface area (Å²) >= 11 is 0. The molecule has 0 saturated carbocycles. The van der Waals surface area contributed by atoms with Gasteiger partial charge in [-0.25, -0.2) is 0 Å². The average Bonchev–Trinajstić information content (AvgIpc) is 2.57. The second-order valence-corrected chi connectivity index (χ2v) is 8.36. The van der Waals surface area contributed by atoms with Gasteiger partial charge >= 0.3 is 0 Å². The second kappa shape index (κ2) is 6.09. The van der Waals surface area contributed by atoms with E-state index in [1.807, 2.05) is 20.8 Å². The fourth-order valence-corrected chi connectivity index (χ4v) is 3.32. The van der Waals surface area contributed by atoms with Gasteiger partial charge in [-0.2, -0.15) is 0 Å². The number of benzene rings is 1. The van der Waals surface area contributed by atoms with Crippen molar-refractivity contribution in [2.24, 2.45) is 5.92 Å². The molecule has 1 aromatic carbocycles. The third-order valence-electron chi connectivity index (χ3n) is 5.26. The van der Waals surface area contributed by atoms with Crippen molar-refractivity contribution in [1.29, 1.82) is 0 Å². The van der Waals surface area contributed by atoms with Crippen LogP contribution >= 0.6 is 0 Å². The molecule has 2 aliphatic rings. The second-order valence-electron chi connectivity index (χ2n) is 8.36. The van der Waals surface area contributed by atoms with Gasteiger partial charge in [0.05, 0.1) is 5.56 Å². The van der Waals surface area contributed by atoms with Crippen LogP contribution in [0.25, 0.3) is 6.08 Å².